The Bertz CT molecular complexity index is 708. The van der Waals surface area contributed by atoms with Crippen molar-refractivity contribution < 1.29 is 14.9 Å². The van der Waals surface area contributed by atoms with Crippen LogP contribution in [0.1, 0.15) is 25.7 Å². The molecule has 3 aliphatic carbocycles. The smallest absolute Gasteiger partial charge is 0.138 e. The number of aliphatic hydroxyl groups is 2. The van der Waals surface area contributed by atoms with Gasteiger partial charge in [-0.3, -0.25) is 0 Å². The summed E-state index contributed by atoms with van der Waals surface area (Å²) in [7, 11) is 2.20. The van der Waals surface area contributed by atoms with Gasteiger partial charge >= 0.3 is 0 Å². The Hall–Kier alpha value is -1.36. The topological polar surface area (TPSA) is 52.9 Å². The maximum atomic E-state index is 11.2. The van der Waals surface area contributed by atoms with E-state index in [9.17, 15) is 10.2 Å². The van der Waals surface area contributed by atoms with Gasteiger partial charge in [-0.15, -0.1) is 6.58 Å². The third kappa shape index (κ3) is 1.55. The van der Waals surface area contributed by atoms with Crippen molar-refractivity contribution in [1.29, 1.82) is 0 Å². The van der Waals surface area contributed by atoms with Gasteiger partial charge in [-0.05, 0) is 32.0 Å². The first kappa shape index (κ1) is 14.9. The minimum Gasteiger partial charge on any atom is -0.487 e. The monoisotopic (exact) mass is 327 g/mol. The number of piperidine rings is 1. The number of ether oxygens (including phenoxy) is 1. The quantitative estimate of drug-likeness (QED) is 0.761. The molecule has 128 valence electrons. The zero-order chi connectivity index (χ0) is 16.7. The van der Waals surface area contributed by atoms with Crippen molar-refractivity contribution in [2.75, 3.05) is 13.6 Å². The highest BCUT2D eigenvalue weighted by molar-refractivity contribution is 5.55. The van der Waals surface area contributed by atoms with E-state index in [1.165, 1.54) is 11.1 Å². The fourth-order valence-electron chi connectivity index (χ4n) is 5.97. The summed E-state index contributed by atoms with van der Waals surface area (Å²) in [5.74, 6) is 1.07. The molecule has 5 aliphatic rings. The van der Waals surface area contributed by atoms with Gasteiger partial charge < -0.3 is 19.8 Å². The number of rotatable bonds is 2. The van der Waals surface area contributed by atoms with Crippen LogP contribution in [0, 0.1) is 11.3 Å². The van der Waals surface area contributed by atoms with Gasteiger partial charge in [0.05, 0.1) is 0 Å². The Morgan fingerprint density at radius 3 is 3.08 bits per heavy atom. The third-order valence-electron chi connectivity index (χ3n) is 7.07. The minimum absolute atomic E-state index is 0.180. The Balaban J connectivity index is 1.74. The van der Waals surface area contributed by atoms with E-state index in [1.54, 1.807) is 6.08 Å². The molecule has 0 aromatic rings. The van der Waals surface area contributed by atoms with Crippen molar-refractivity contribution in [2.45, 2.75) is 49.5 Å². The summed E-state index contributed by atoms with van der Waals surface area (Å²) < 4.78 is 6.36. The second-order valence-electron chi connectivity index (χ2n) is 8.14. The lowest BCUT2D eigenvalue weighted by Crippen LogP contribution is -2.62. The number of likely N-dealkylation sites (tertiary alicyclic amines) is 1. The molecule has 2 bridgehead atoms. The Kier molecular flexibility index (Phi) is 2.88. The van der Waals surface area contributed by atoms with Crippen molar-refractivity contribution >= 4 is 0 Å². The van der Waals surface area contributed by atoms with Crippen LogP contribution in [-0.4, -0.2) is 52.6 Å². The molecule has 24 heavy (non-hydrogen) atoms. The van der Waals surface area contributed by atoms with E-state index in [2.05, 4.69) is 30.7 Å². The molecular weight excluding hydrogens is 302 g/mol. The summed E-state index contributed by atoms with van der Waals surface area (Å²) in [6.07, 6.45) is 10.2. The van der Waals surface area contributed by atoms with Crippen molar-refractivity contribution in [3.63, 3.8) is 0 Å². The van der Waals surface area contributed by atoms with Crippen LogP contribution >= 0.6 is 0 Å². The Labute approximate surface area is 142 Å². The van der Waals surface area contributed by atoms with Crippen molar-refractivity contribution in [3.8, 4) is 0 Å². The first-order chi connectivity index (χ1) is 11.5. The average molecular weight is 327 g/mol. The summed E-state index contributed by atoms with van der Waals surface area (Å²) in [4.78, 5) is 2.45. The van der Waals surface area contributed by atoms with Gasteiger partial charge in [0.1, 0.15) is 23.6 Å². The van der Waals surface area contributed by atoms with Gasteiger partial charge in [0.2, 0.25) is 0 Å². The molecule has 2 heterocycles. The maximum Gasteiger partial charge on any atom is 0.138 e. The fourth-order valence-corrected chi connectivity index (χ4v) is 5.97. The molecule has 0 aromatic heterocycles. The molecule has 2 fully saturated rings. The van der Waals surface area contributed by atoms with E-state index in [4.69, 9.17) is 4.74 Å². The first-order valence-electron chi connectivity index (χ1n) is 9.02. The molecule has 1 saturated heterocycles. The van der Waals surface area contributed by atoms with Crippen LogP contribution in [0.5, 0.6) is 0 Å². The molecule has 0 radical (unpaired) electrons. The average Bonchev–Trinajstić information content (AvgIpc) is 2.91. The van der Waals surface area contributed by atoms with Gasteiger partial charge in [0.15, 0.2) is 0 Å². The highest BCUT2D eigenvalue weighted by Gasteiger charge is 2.67. The molecular formula is C20H25NO3. The standard InChI is InChI=1S/C20H25NO3/c1-3-7-19(23)8-6-12-11-14-13-4-5-15(22)17-20(13,9-10-21(14)2)16(12)18(19)24-17/h3-6,13-15,17,22-23H,1,7-11H2,2H3/t13-,14+,15-,17-,19?,20-/m0/s1. The molecule has 1 unspecified atom stereocenters. The summed E-state index contributed by atoms with van der Waals surface area (Å²) in [5.41, 5.74) is 1.35. The van der Waals surface area contributed by atoms with E-state index >= 15 is 0 Å². The van der Waals surface area contributed by atoms with Crippen LogP contribution in [0.2, 0.25) is 0 Å². The van der Waals surface area contributed by atoms with Crippen LogP contribution in [0.25, 0.3) is 0 Å². The van der Waals surface area contributed by atoms with E-state index in [0.29, 0.717) is 24.8 Å². The van der Waals surface area contributed by atoms with Crippen LogP contribution in [0.4, 0.5) is 0 Å². The summed E-state index contributed by atoms with van der Waals surface area (Å²) in [6.45, 7) is 4.82. The second kappa shape index (κ2) is 4.63. The predicted molar refractivity (Wildman–Crippen MR) is 91.1 cm³/mol. The zero-order valence-electron chi connectivity index (χ0n) is 14.1. The van der Waals surface area contributed by atoms with Crippen LogP contribution < -0.4 is 0 Å². The lowest BCUT2D eigenvalue weighted by molar-refractivity contribution is -0.102. The molecule has 4 nitrogen and oxygen atoms in total. The first-order valence-corrected chi connectivity index (χ1v) is 9.02. The lowest BCUT2D eigenvalue weighted by Gasteiger charge is -2.58. The largest absolute Gasteiger partial charge is 0.487 e. The lowest BCUT2D eigenvalue weighted by atomic mass is 9.51. The van der Waals surface area contributed by atoms with Gasteiger partial charge in [-0.2, -0.15) is 0 Å². The van der Waals surface area contributed by atoms with Crippen molar-refractivity contribution in [1.82, 2.24) is 4.90 Å². The van der Waals surface area contributed by atoms with Crippen LogP contribution in [0.15, 0.2) is 47.8 Å². The molecule has 0 amide bonds. The molecule has 5 rings (SSSR count). The van der Waals surface area contributed by atoms with E-state index in [1.807, 2.05) is 6.08 Å². The Morgan fingerprint density at radius 1 is 1.46 bits per heavy atom. The zero-order valence-corrected chi connectivity index (χ0v) is 14.1. The van der Waals surface area contributed by atoms with E-state index < -0.39 is 11.7 Å². The minimum atomic E-state index is -1.01. The van der Waals surface area contributed by atoms with Gasteiger partial charge in [0.25, 0.3) is 0 Å². The van der Waals surface area contributed by atoms with Crippen molar-refractivity contribution in [2.24, 2.45) is 11.3 Å². The third-order valence-corrected chi connectivity index (χ3v) is 7.07. The summed E-state index contributed by atoms with van der Waals surface area (Å²) in [6, 6.07) is 0.452. The molecule has 2 N–H and O–H groups in total. The summed E-state index contributed by atoms with van der Waals surface area (Å²) >= 11 is 0. The summed E-state index contributed by atoms with van der Waals surface area (Å²) in [5, 5.41) is 21.9. The highest BCUT2D eigenvalue weighted by Crippen LogP contribution is 2.66. The SMILES string of the molecule is C=CCC1(O)CC=C2C[C@@H]3[C@@H]4C=C[C@H](O)[C@@H]5OC1=C2[C@]45CCN3C. The predicted octanol–water partition coefficient (Wildman–Crippen LogP) is 1.92. The molecule has 6 atom stereocenters. The van der Waals surface area contributed by atoms with Gasteiger partial charge in [-0.25, -0.2) is 0 Å². The maximum absolute atomic E-state index is 11.2. The molecule has 1 saturated carbocycles. The van der Waals surface area contributed by atoms with E-state index in [-0.39, 0.29) is 11.5 Å². The fraction of sp³-hybridized carbons (Fsp3) is 0.600. The number of nitrogens with zero attached hydrogens (tertiary/aromatic N) is 1. The Morgan fingerprint density at radius 2 is 2.29 bits per heavy atom. The number of hydrogen-bond acceptors (Lipinski definition) is 4. The van der Waals surface area contributed by atoms with Gasteiger partial charge in [0, 0.05) is 35.8 Å². The van der Waals surface area contributed by atoms with Gasteiger partial charge in [-0.1, -0.05) is 24.3 Å². The molecule has 1 spiro atoms. The number of aliphatic hydroxyl groups excluding tert-OH is 1. The van der Waals surface area contributed by atoms with Crippen LogP contribution in [0.3, 0.4) is 0 Å². The van der Waals surface area contributed by atoms with Crippen molar-refractivity contribution in [3.05, 3.63) is 47.8 Å². The van der Waals surface area contributed by atoms with E-state index in [0.717, 1.165) is 25.1 Å². The molecule has 2 aliphatic heterocycles. The molecule has 4 heteroatoms. The number of hydrogen-bond donors (Lipinski definition) is 2. The highest BCUT2D eigenvalue weighted by atomic mass is 16.5. The molecule has 0 aromatic carbocycles. The van der Waals surface area contributed by atoms with Crippen LogP contribution in [-0.2, 0) is 4.74 Å². The normalized spacial score (nSPS) is 48.7. The second-order valence-corrected chi connectivity index (χ2v) is 8.14.